The zero-order chi connectivity index (χ0) is 19.3. The van der Waals surface area contributed by atoms with Crippen molar-refractivity contribution in [2.24, 2.45) is 5.92 Å². The van der Waals surface area contributed by atoms with E-state index in [0.717, 1.165) is 54.6 Å². The molecule has 2 aromatic heterocycles. The lowest BCUT2D eigenvalue weighted by Crippen LogP contribution is -2.43. The first-order chi connectivity index (χ1) is 13.8. The minimum atomic E-state index is -0.00382. The summed E-state index contributed by atoms with van der Waals surface area (Å²) in [4.78, 5) is 28.6. The molecule has 3 aromatic rings. The highest BCUT2D eigenvalue weighted by Gasteiger charge is 2.27. The number of piperidine rings is 1. The highest BCUT2D eigenvalue weighted by atomic mass is 16.1. The minimum Gasteiger partial charge on any atom is -0.356 e. The van der Waals surface area contributed by atoms with E-state index in [2.05, 4.69) is 28.2 Å². The molecule has 0 spiro atoms. The molecule has 1 saturated heterocycles. The Morgan fingerprint density at radius 2 is 2.11 bits per heavy atom. The number of hydrogen-bond donors (Lipinski definition) is 1. The number of hydrogen-bond acceptors (Lipinski definition) is 5. The van der Waals surface area contributed by atoms with Crippen LogP contribution in [-0.2, 0) is 4.79 Å². The van der Waals surface area contributed by atoms with Crippen molar-refractivity contribution < 1.29 is 4.79 Å². The third-order valence-electron chi connectivity index (χ3n) is 5.14. The van der Waals surface area contributed by atoms with Crippen molar-refractivity contribution >= 4 is 22.6 Å². The maximum absolute atomic E-state index is 12.5. The summed E-state index contributed by atoms with van der Waals surface area (Å²) in [6.45, 7) is 4.38. The third-order valence-corrected chi connectivity index (χ3v) is 5.14. The van der Waals surface area contributed by atoms with E-state index in [0.29, 0.717) is 12.4 Å². The molecule has 1 amide bonds. The summed E-state index contributed by atoms with van der Waals surface area (Å²) < 4.78 is 0. The summed E-state index contributed by atoms with van der Waals surface area (Å²) >= 11 is 0. The molecule has 6 nitrogen and oxygen atoms in total. The number of amides is 1. The molecule has 1 aliphatic rings. The van der Waals surface area contributed by atoms with E-state index in [9.17, 15) is 4.79 Å². The Bertz CT molecular complexity index is 960. The zero-order valence-corrected chi connectivity index (χ0v) is 16.1. The lowest BCUT2D eigenvalue weighted by molar-refractivity contribution is -0.125. The number of nitrogens with zero attached hydrogens (tertiary/aromatic N) is 4. The van der Waals surface area contributed by atoms with Gasteiger partial charge >= 0.3 is 0 Å². The van der Waals surface area contributed by atoms with E-state index in [1.807, 2.05) is 30.3 Å². The molecule has 4 rings (SSSR count). The van der Waals surface area contributed by atoms with Gasteiger partial charge in [-0.1, -0.05) is 19.1 Å². The molecular weight excluding hydrogens is 350 g/mol. The van der Waals surface area contributed by atoms with Gasteiger partial charge in [-0.25, -0.2) is 9.97 Å². The normalized spacial score (nSPS) is 16.9. The predicted molar refractivity (Wildman–Crippen MR) is 111 cm³/mol. The highest BCUT2D eigenvalue weighted by molar-refractivity contribution is 5.91. The number of fused-ring (bicyclic) bond motifs is 1. The molecule has 0 saturated carbocycles. The van der Waals surface area contributed by atoms with Crippen molar-refractivity contribution in [1.29, 1.82) is 0 Å². The molecule has 1 aliphatic heterocycles. The number of nitrogens with one attached hydrogen (secondary N) is 1. The summed E-state index contributed by atoms with van der Waals surface area (Å²) in [6.07, 6.45) is 6.38. The number of para-hydroxylation sites is 1. The SMILES string of the molecule is CCCNC(=O)C1CCCN(c2nc(-c3cccnc3)nc3ccccc23)C1. The monoisotopic (exact) mass is 375 g/mol. The van der Waals surface area contributed by atoms with E-state index >= 15 is 0 Å². The fraction of sp³-hybridized carbons (Fsp3) is 0.364. The van der Waals surface area contributed by atoms with Gasteiger partial charge in [0.25, 0.3) is 0 Å². The third kappa shape index (κ3) is 3.81. The number of rotatable bonds is 5. The average Bonchev–Trinajstić information content (AvgIpc) is 2.77. The molecule has 3 heterocycles. The molecule has 6 heteroatoms. The zero-order valence-electron chi connectivity index (χ0n) is 16.1. The van der Waals surface area contributed by atoms with Crippen molar-refractivity contribution in [1.82, 2.24) is 20.3 Å². The Morgan fingerprint density at radius 1 is 1.21 bits per heavy atom. The Labute approximate surface area is 165 Å². The Morgan fingerprint density at radius 3 is 2.93 bits per heavy atom. The van der Waals surface area contributed by atoms with E-state index in [4.69, 9.17) is 9.97 Å². The molecule has 0 radical (unpaired) electrons. The first-order valence-electron chi connectivity index (χ1n) is 9.96. The molecule has 1 unspecified atom stereocenters. The fourth-order valence-electron chi connectivity index (χ4n) is 3.70. The van der Waals surface area contributed by atoms with Crippen LogP contribution in [0, 0.1) is 5.92 Å². The van der Waals surface area contributed by atoms with Gasteiger partial charge in [-0.15, -0.1) is 0 Å². The summed E-state index contributed by atoms with van der Waals surface area (Å²) in [5.74, 6) is 1.71. The Hall–Kier alpha value is -3.02. The fourth-order valence-corrected chi connectivity index (χ4v) is 3.70. The van der Waals surface area contributed by atoms with Crippen molar-refractivity contribution in [3.8, 4) is 11.4 Å². The van der Waals surface area contributed by atoms with Crippen molar-refractivity contribution in [2.45, 2.75) is 26.2 Å². The number of pyridine rings is 1. The maximum Gasteiger partial charge on any atom is 0.224 e. The summed E-state index contributed by atoms with van der Waals surface area (Å²) in [5.41, 5.74) is 1.80. The molecule has 28 heavy (non-hydrogen) atoms. The molecule has 144 valence electrons. The first-order valence-corrected chi connectivity index (χ1v) is 9.96. The molecule has 1 aromatic carbocycles. The maximum atomic E-state index is 12.5. The Balaban J connectivity index is 1.70. The van der Waals surface area contributed by atoms with Crippen LogP contribution in [0.5, 0.6) is 0 Å². The second-order valence-electron chi connectivity index (χ2n) is 7.21. The van der Waals surface area contributed by atoms with Crippen LogP contribution in [0.2, 0.25) is 0 Å². The van der Waals surface area contributed by atoms with Gasteiger partial charge in [0.05, 0.1) is 11.4 Å². The van der Waals surface area contributed by atoms with E-state index in [-0.39, 0.29) is 11.8 Å². The van der Waals surface area contributed by atoms with Gasteiger partial charge in [-0.3, -0.25) is 9.78 Å². The summed E-state index contributed by atoms with van der Waals surface area (Å²) in [6, 6.07) is 11.9. The largest absolute Gasteiger partial charge is 0.356 e. The van der Waals surface area contributed by atoms with E-state index in [1.165, 1.54) is 0 Å². The van der Waals surface area contributed by atoms with Crippen LogP contribution in [0.3, 0.4) is 0 Å². The van der Waals surface area contributed by atoms with Gasteiger partial charge in [0.1, 0.15) is 5.82 Å². The van der Waals surface area contributed by atoms with Crippen molar-refractivity contribution in [3.63, 3.8) is 0 Å². The van der Waals surface area contributed by atoms with Crippen molar-refractivity contribution in [3.05, 3.63) is 48.8 Å². The number of anilines is 1. The van der Waals surface area contributed by atoms with Crippen molar-refractivity contribution in [2.75, 3.05) is 24.5 Å². The quantitative estimate of drug-likeness (QED) is 0.740. The molecule has 1 atom stereocenters. The molecule has 0 bridgehead atoms. The first kappa shape index (κ1) is 18.3. The van der Waals surface area contributed by atoms with Crippen LogP contribution in [0.4, 0.5) is 5.82 Å². The molecule has 1 fully saturated rings. The number of carbonyl (C=O) groups excluding carboxylic acids is 1. The van der Waals surface area contributed by atoms with Crippen LogP contribution in [0.15, 0.2) is 48.8 Å². The van der Waals surface area contributed by atoms with Gasteiger partial charge < -0.3 is 10.2 Å². The lowest BCUT2D eigenvalue weighted by Gasteiger charge is -2.33. The standard InChI is InChI=1S/C22H25N5O/c1-2-11-24-22(28)17-8-6-13-27(15-17)21-18-9-3-4-10-19(18)25-20(26-21)16-7-5-12-23-14-16/h3-5,7,9-10,12,14,17H,2,6,8,11,13,15H2,1H3,(H,24,28). The smallest absolute Gasteiger partial charge is 0.224 e. The number of aromatic nitrogens is 3. The number of carbonyl (C=O) groups is 1. The molecular formula is C22H25N5O. The van der Waals surface area contributed by atoms with Gasteiger partial charge in [-0.2, -0.15) is 0 Å². The van der Waals surface area contributed by atoms with Crippen LogP contribution < -0.4 is 10.2 Å². The van der Waals surface area contributed by atoms with Gasteiger partial charge in [0.2, 0.25) is 5.91 Å². The average molecular weight is 375 g/mol. The van der Waals surface area contributed by atoms with Crippen LogP contribution >= 0.6 is 0 Å². The van der Waals surface area contributed by atoms with Crippen LogP contribution in [0.1, 0.15) is 26.2 Å². The molecule has 0 aliphatic carbocycles. The highest BCUT2D eigenvalue weighted by Crippen LogP contribution is 2.30. The van der Waals surface area contributed by atoms with Gasteiger partial charge in [-0.05, 0) is 43.5 Å². The van der Waals surface area contributed by atoms with Crippen LogP contribution in [0.25, 0.3) is 22.3 Å². The summed E-state index contributed by atoms with van der Waals surface area (Å²) in [5, 5.41) is 4.06. The van der Waals surface area contributed by atoms with E-state index < -0.39 is 0 Å². The Kier molecular flexibility index (Phi) is 5.46. The van der Waals surface area contributed by atoms with Crippen LogP contribution in [-0.4, -0.2) is 40.5 Å². The lowest BCUT2D eigenvalue weighted by atomic mass is 9.96. The van der Waals surface area contributed by atoms with Gasteiger partial charge in [0.15, 0.2) is 5.82 Å². The second kappa shape index (κ2) is 8.33. The summed E-state index contributed by atoms with van der Waals surface area (Å²) in [7, 11) is 0. The molecule has 1 N–H and O–H groups in total. The second-order valence-corrected chi connectivity index (χ2v) is 7.21. The minimum absolute atomic E-state index is 0.00382. The van der Waals surface area contributed by atoms with Gasteiger partial charge in [0, 0.05) is 43.0 Å². The predicted octanol–water partition coefficient (Wildman–Crippen LogP) is 3.43. The number of benzene rings is 1. The van der Waals surface area contributed by atoms with E-state index in [1.54, 1.807) is 12.4 Å². The topological polar surface area (TPSA) is 71.0 Å².